The molecule has 1 N–H and O–H groups in total. The monoisotopic (exact) mass is 399 g/mol. The first kappa shape index (κ1) is 17.3. The summed E-state index contributed by atoms with van der Waals surface area (Å²) in [6, 6.07) is 13.6. The number of carbonyl (C=O) groups is 1. The molecule has 3 heterocycles. The van der Waals surface area contributed by atoms with Crippen molar-refractivity contribution in [1.29, 1.82) is 0 Å². The number of hydrogen-bond donors (Lipinski definition) is 1. The van der Waals surface area contributed by atoms with E-state index in [1.807, 2.05) is 41.1 Å². The second-order valence-corrected chi connectivity index (χ2v) is 8.14. The van der Waals surface area contributed by atoms with Gasteiger partial charge in [-0.3, -0.25) is 4.79 Å². The van der Waals surface area contributed by atoms with Gasteiger partial charge in [-0.15, -0.1) is 5.10 Å². The predicted octanol–water partition coefficient (Wildman–Crippen LogP) is 3.41. The summed E-state index contributed by atoms with van der Waals surface area (Å²) >= 11 is 0. The maximum atomic E-state index is 12.5. The summed E-state index contributed by atoms with van der Waals surface area (Å²) in [6.45, 7) is 0.0952. The normalized spacial score (nSPS) is 16.1. The maximum absolute atomic E-state index is 12.5. The number of hydrogen-bond acceptors (Lipinski definition) is 5. The third kappa shape index (κ3) is 3.24. The fourth-order valence-corrected chi connectivity index (χ4v) is 3.80. The van der Waals surface area contributed by atoms with E-state index in [1.165, 1.54) is 37.1 Å². The molecule has 2 saturated carbocycles. The topological polar surface area (TPSA) is 90.5 Å². The zero-order valence-electron chi connectivity index (χ0n) is 16.4. The van der Waals surface area contributed by atoms with Gasteiger partial charge < -0.3 is 5.32 Å². The lowest BCUT2D eigenvalue weighted by molar-refractivity contribution is -0.116. The van der Waals surface area contributed by atoms with Gasteiger partial charge in [0.2, 0.25) is 5.91 Å². The second kappa shape index (κ2) is 6.76. The van der Waals surface area contributed by atoms with E-state index in [1.54, 1.807) is 10.9 Å². The van der Waals surface area contributed by atoms with Crippen molar-refractivity contribution in [2.24, 2.45) is 0 Å². The number of amides is 1. The molecule has 1 amide bonds. The predicted molar refractivity (Wildman–Crippen MR) is 111 cm³/mol. The minimum Gasteiger partial charge on any atom is -0.323 e. The van der Waals surface area contributed by atoms with E-state index in [9.17, 15) is 4.79 Å². The molecule has 2 aliphatic carbocycles. The van der Waals surface area contributed by atoms with E-state index in [-0.39, 0.29) is 12.5 Å². The Bertz CT molecular complexity index is 1230. The highest BCUT2D eigenvalue weighted by Crippen LogP contribution is 2.45. The molecule has 0 unspecified atom stereocenters. The van der Waals surface area contributed by atoms with Gasteiger partial charge in [0.25, 0.3) is 0 Å². The molecule has 2 fully saturated rings. The molecule has 150 valence electrons. The number of nitrogens with one attached hydrogen (secondary N) is 1. The summed E-state index contributed by atoms with van der Waals surface area (Å²) in [4.78, 5) is 17.0. The second-order valence-electron chi connectivity index (χ2n) is 8.14. The molecule has 0 aliphatic heterocycles. The highest BCUT2D eigenvalue weighted by atomic mass is 16.2. The van der Waals surface area contributed by atoms with Gasteiger partial charge in [0.1, 0.15) is 12.1 Å². The Hall–Kier alpha value is -3.55. The van der Waals surface area contributed by atoms with E-state index in [4.69, 9.17) is 5.10 Å². The summed E-state index contributed by atoms with van der Waals surface area (Å²) in [7, 11) is 0. The molecule has 0 bridgehead atoms. The van der Waals surface area contributed by atoms with Gasteiger partial charge in [-0.25, -0.2) is 14.3 Å². The van der Waals surface area contributed by atoms with E-state index in [0.717, 1.165) is 16.9 Å². The number of nitrogens with zero attached hydrogens (tertiary/aromatic N) is 6. The third-order valence-electron chi connectivity index (χ3n) is 5.71. The number of pyridine rings is 1. The Morgan fingerprint density at radius 3 is 2.67 bits per heavy atom. The van der Waals surface area contributed by atoms with Crippen LogP contribution in [0.5, 0.6) is 0 Å². The number of carbonyl (C=O) groups excluding carboxylic acids is 1. The first-order chi connectivity index (χ1) is 14.7. The van der Waals surface area contributed by atoms with Crippen molar-refractivity contribution in [3.05, 3.63) is 60.0 Å². The molecule has 8 heteroatoms. The zero-order valence-corrected chi connectivity index (χ0v) is 16.4. The molecule has 0 saturated heterocycles. The van der Waals surface area contributed by atoms with Crippen molar-refractivity contribution in [3.8, 4) is 5.82 Å². The quantitative estimate of drug-likeness (QED) is 0.537. The lowest BCUT2D eigenvalue weighted by Crippen LogP contribution is -2.19. The highest BCUT2D eigenvalue weighted by Gasteiger charge is 2.33. The SMILES string of the molecule is O=C(Cn1nnc2ccccc21)Nc1ccc(-n2nc(C3CC3)cc2C2CC2)nc1. The summed E-state index contributed by atoms with van der Waals surface area (Å²) in [5.74, 6) is 1.84. The van der Waals surface area contributed by atoms with Crippen LogP contribution in [0.2, 0.25) is 0 Å². The Labute approximate surface area is 172 Å². The van der Waals surface area contributed by atoms with Gasteiger partial charge in [0.15, 0.2) is 5.82 Å². The summed E-state index contributed by atoms with van der Waals surface area (Å²) in [6.07, 6.45) is 6.60. The lowest BCUT2D eigenvalue weighted by atomic mass is 10.2. The number of benzene rings is 1. The van der Waals surface area contributed by atoms with Crippen LogP contribution in [-0.2, 0) is 11.3 Å². The van der Waals surface area contributed by atoms with E-state index in [2.05, 4.69) is 26.7 Å². The average Bonchev–Trinajstić information content (AvgIpc) is 3.70. The molecule has 8 nitrogen and oxygen atoms in total. The van der Waals surface area contributed by atoms with Gasteiger partial charge in [-0.1, -0.05) is 17.3 Å². The zero-order chi connectivity index (χ0) is 20.1. The van der Waals surface area contributed by atoms with Gasteiger partial charge in [-0.05, 0) is 56.0 Å². The largest absolute Gasteiger partial charge is 0.323 e. The third-order valence-corrected chi connectivity index (χ3v) is 5.71. The molecule has 0 atom stereocenters. The molecule has 6 rings (SSSR count). The first-order valence-electron chi connectivity index (χ1n) is 10.4. The van der Waals surface area contributed by atoms with Crippen LogP contribution in [0.4, 0.5) is 5.69 Å². The minimum atomic E-state index is -0.172. The van der Waals surface area contributed by atoms with Crippen LogP contribution in [0.25, 0.3) is 16.9 Å². The van der Waals surface area contributed by atoms with E-state index < -0.39 is 0 Å². The van der Waals surface area contributed by atoms with Crippen LogP contribution in [0.3, 0.4) is 0 Å². The summed E-state index contributed by atoms with van der Waals surface area (Å²) in [5, 5.41) is 15.9. The van der Waals surface area contributed by atoms with E-state index in [0.29, 0.717) is 17.5 Å². The molecule has 0 spiro atoms. The highest BCUT2D eigenvalue weighted by molar-refractivity contribution is 5.91. The fraction of sp³-hybridized carbons (Fsp3) is 0.318. The summed E-state index contributed by atoms with van der Waals surface area (Å²) in [5.41, 5.74) is 4.71. The first-order valence-corrected chi connectivity index (χ1v) is 10.4. The van der Waals surface area contributed by atoms with Crippen molar-refractivity contribution in [2.45, 2.75) is 44.1 Å². The molecular weight excluding hydrogens is 378 g/mol. The Balaban J connectivity index is 1.18. The van der Waals surface area contributed by atoms with Crippen LogP contribution in [0, 0.1) is 0 Å². The lowest BCUT2D eigenvalue weighted by Gasteiger charge is -2.08. The van der Waals surface area contributed by atoms with Gasteiger partial charge in [0, 0.05) is 17.5 Å². The van der Waals surface area contributed by atoms with Gasteiger partial charge >= 0.3 is 0 Å². The number of para-hydroxylation sites is 1. The Morgan fingerprint density at radius 1 is 1.07 bits per heavy atom. The number of aromatic nitrogens is 6. The van der Waals surface area contributed by atoms with E-state index >= 15 is 0 Å². The number of anilines is 1. The Morgan fingerprint density at radius 2 is 1.90 bits per heavy atom. The van der Waals surface area contributed by atoms with Crippen molar-refractivity contribution in [3.63, 3.8) is 0 Å². The van der Waals surface area contributed by atoms with Crippen LogP contribution >= 0.6 is 0 Å². The minimum absolute atomic E-state index is 0.0952. The van der Waals surface area contributed by atoms with Crippen molar-refractivity contribution in [1.82, 2.24) is 29.8 Å². The molecule has 3 aromatic heterocycles. The number of rotatable bonds is 6. The van der Waals surface area contributed by atoms with Crippen LogP contribution in [0.15, 0.2) is 48.7 Å². The average molecular weight is 399 g/mol. The van der Waals surface area contributed by atoms with Gasteiger partial charge in [0.05, 0.1) is 23.1 Å². The molecule has 0 radical (unpaired) electrons. The standard InChI is InChI=1S/C22H21N7O/c30-22(13-28-19-4-2-1-3-17(19)25-27-28)24-16-9-10-21(23-12-16)29-20(15-7-8-15)11-18(26-29)14-5-6-14/h1-4,9-12,14-15H,5-8,13H2,(H,24,30). The van der Waals surface area contributed by atoms with Crippen LogP contribution in [-0.4, -0.2) is 35.7 Å². The molecular formula is C22H21N7O. The maximum Gasteiger partial charge on any atom is 0.246 e. The Kier molecular flexibility index (Phi) is 3.90. The molecule has 1 aromatic carbocycles. The summed E-state index contributed by atoms with van der Waals surface area (Å²) < 4.78 is 3.58. The molecule has 4 aromatic rings. The fourth-order valence-electron chi connectivity index (χ4n) is 3.80. The van der Waals surface area contributed by atoms with Crippen LogP contribution in [0.1, 0.15) is 48.9 Å². The van der Waals surface area contributed by atoms with Crippen LogP contribution < -0.4 is 5.32 Å². The van der Waals surface area contributed by atoms with Crippen molar-refractivity contribution < 1.29 is 4.79 Å². The van der Waals surface area contributed by atoms with Gasteiger partial charge in [-0.2, -0.15) is 5.10 Å². The smallest absolute Gasteiger partial charge is 0.246 e. The number of fused-ring (bicyclic) bond motifs is 1. The van der Waals surface area contributed by atoms with Crippen molar-refractivity contribution in [2.75, 3.05) is 5.32 Å². The molecule has 30 heavy (non-hydrogen) atoms. The molecule has 2 aliphatic rings. The van der Waals surface area contributed by atoms with Crippen molar-refractivity contribution >= 4 is 22.6 Å².